The highest BCUT2D eigenvalue weighted by Crippen LogP contribution is 2.41. The lowest BCUT2D eigenvalue weighted by atomic mass is 10.0. The Labute approximate surface area is 251 Å². The minimum Gasteiger partial charge on any atom is -0.477 e. The maximum atomic E-state index is 13.3. The van der Waals surface area contributed by atoms with Crippen molar-refractivity contribution in [2.45, 2.75) is 22.9 Å². The summed E-state index contributed by atoms with van der Waals surface area (Å²) in [7, 11) is 0. The summed E-state index contributed by atoms with van der Waals surface area (Å²) in [5.41, 5.74) is 6.19. The van der Waals surface area contributed by atoms with E-state index < -0.39 is 35.2 Å². The molecule has 5 N–H and O–H groups in total. The molecule has 0 spiro atoms. The summed E-state index contributed by atoms with van der Waals surface area (Å²) in [6.45, 7) is -0.169. The van der Waals surface area contributed by atoms with E-state index >= 15 is 0 Å². The van der Waals surface area contributed by atoms with Crippen LogP contribution in [-0.4, -0.2) is 72.5 Å². The summed E-state index contributed by atoms with van der Waals surface area (Å²) < 4.78 is 1.51. The van der Waals surface area contributed by atoms with E-state index in [0.29, 0.717) is 22.8 Å². The number of carbonyl (C=O) groups is 4. The second kappa shape index (κ2) is 12.6. The number of amides is 2. The van der Waals surface area contributed by atoms with Gasteiger partial charge in [-0.3, -0.25) is 14.5 Å². The molecular weight excluding hydrogens is 605 g/mol. The third kappa shape index (κ3) is 6.40. The Kier molecular flexibility index (Phi) is 8.75. The zero-order chi connectivity index (χ0) is 29.8. The number of β-lactam (4-membered cyclic amide) rings is 1. The van der Waals surface area contributed by atoms with Crippen molar-refractivity contribution in [3.05, 3.63) is 77.2 Å². The molecule has 1 aromatic carbocycles. The first-order valence-corrected chi connectivity index (χ1v) is 15.2. The number of anilines is 1. The first kappa shape index (κ1) is 29.1. The van der Waals surface area contributed by atoms with E-state index in [1.165, 1.54) is 33.0 Å². The first-order valence-electron chi connectivity index (χ1n) is 12.3. The number of benzene rings is 1. The summed E-state index contributed by atoms with van der Waals surface area (Å²) in [5, 5.41) is 26.7. The number of carboxylic acid groups (broad SMARTS) is 2. The van der Waals surface area contributed by atoms with Gasteiger partial charge in [0.15, 0.2) is 29.0 Å². The van der Waals surface area contributed by atoms with Crippen LogP contribution in [0.15, 0.2) is 81.6 Å². The fourth-order valence-corrected chi connectivity index (χ4v) is 7.07. The molecule has 16 heteroatoms. The number of nitrogens with one attached hydrogen (secondary N) is 1. The Hall–Kier alpha value is -4.41. The maximum Gasteiger partial charge on any atom is 0.370 e. The van der Waals surface area contributed by atoms with E-state index in [1.54, 1.807) is 60.2 Å². The molecule has 2 aromatic heterocycles. The highest BCUT2D eigenvalue weighted by Gasteiger charge is 2.54. The van der Waals surface area contributed by atoms with Gasteiger partial charge in [-0.15, -0.1) is 34.9 Å². The molecule has 1 saturated heterocycles. The van der Waals surface area contributed by atoms with Crippen LogP contribution in [0.5, 0.6) is 5.75 Å². The summed E-state index contributed by atoms with van der Waals surface area (Å²) in [6, 6.07) is 11.1. The molecule has 13 nitrogen and oxygen atoms in total. The largest absolute Gasteiger partial charge is 0.477 e. The number of rotatable bonds is 11. The minimum atomic E-state index is -1.24. The number of oxime groups is 1. The van der Waals surface area contributed by atoms with Crippen molar-refractivity contribution in [2.75, 3.05) is 17.2 Å². The number of aliphatic carboxylic acids is 2. The number of pyridine rings is 1. The summed E-state index contributed by atoms with van der Waals surface area (Å²) in [5.74, 6) is -2.45. The second-order valence-electron chi connectivity index (χ2n) is 8.92. The topological polar surface area (TPSA) is 188 Å². The lowest BCUT2D eigenvalue weighted by molar-refractivity contribution is -0.686. The number of thiazole rings is 1. The van der Waals surface area contributed by atoms with Gasteiger partial charge in [0.05, 0.1) is 0 Å². The van der Waals surface area contributed by atoms with Crippen LogP contribution in [0.25, 0.3) is 0 Å². The number of nitrogens with zero attached hydrogens (tertiary/aromatic N) is 4. The fourth-order valence-electron chi connectivity index (χ4n) is 4.16. The summed E-state index contributed by atoms with van der Waals surface area (Å²) >= 11 is 3.83. The van der Waals surface area contributed by atoms with Crippen LogP contribution >= 0.6 is 34.9 Å². The van der Waals surface area contributed by atoms with E-state index in [4.69, 9.17) is 15.7 Å². The molecule has 0 radical (unpaired) electrons. The zero-order valence-electron chi connectivity index (χ0n) is 21.6. The van der Waals surface area contributed by atoms with Gasteiger partial charge in [0.2, 0.25) is 6.54 Å². The molecule has 216 valence electrons. The molecule has 1 fully saturated rings. The minimum absolute atomic E-state index is 0.104. The van der Waals surface area contributed by atoms with Crippen LogP contribution in [-0.2, 0) is 25.7 Å². The highest BCUT2D eigenvalue weighted by atomic mass is 32.2. The van der Waals surface area contributed by atoms with E-state index in [9.17, 15) is 24.3 Å². The Morgan fingerprint density at radius 1 is 1.19 bits per heavy atom. The number of carbonyl (C=O) groups excluding carboxylic acids is 2. The van der Waals surface area contributed by atoms with Crippen LogP contribution in [0.2, 0.25) is 0 Å². The monoisotopic (exact) mass is 627 g/mol. The lowest BCUT2D eigenvalue weighted by Gasteiger charge is -2.49. The van der Waals surface area contributed by atoms with Gasteiger partial charge in [-0.25, -0.2) is 14.6 Å². The van der Waals surface area contributed by atoms with Crippen molar-refractivity contribution >= 4 is 69.5 Å². The van der Waals surface area contributed by atoms with E-state index in [1.807, 2.05) is 0 Å². The molecule has 2 atom stereocenters. The van der Waals surface area contributed by atoms with Gasteiger partial charge in [-0.1, -0.05) is 23.4 Å². The van der Waals surface area contributed by atoms with Gasteiger partial charge in [0, 0.05) is 33.9 Å². The summed E-state index contributed by atoms with van der Waals surface area (Å²) in [4.78, 5) is 61.1. The van der Waals surface area contributed by atoms with Crippen molar-refractivity contribution in [2.24, 2.45) is 5.16 Å². The number of carboxylic acids is 2. The predicted octanol–water partition coefficient (Wildman–Crippen LogP) is 1.41. The molecule has 5 rings (SSSR count). The Bertz CT molecular complexity index is 1590. The average molecular weight is 628 g/mol. The van der Waals surface area contributed by atoms with Crippen LogP contribution in [0, 0.1) is 0 Å². The molecule has 2 aliphatic rings. The molecule has 4 heterocycles. The number of hydrogen-bond donors (Lipinski definition) is 4. The Morgan fingerprint density at radius 3 is 2.57 bits per heavy atom. The lowest BCUT2D eigenvalue weighted by Crippen LogP contribution is -2.71. The van der Waals surface area contributed by atoms with Crippen molar-refractivity contribution in [3.8, 4) is 5.75 Å². The van der Waals surface area contributed by atoms with E-state index in [0.717, 1.165) is 16.2 Å². The van der Waals surface area contributed by atoms with Gasteiger partial charge in [0.1, 0.15) is 22.8 Å². The SMILES string of the molecule is Nc1nc(/C(=N\Oc2ccccc2)C(=O)NC2C(=O)N3C(C(=O)O)=C(CSc4cc[n+](CC(=O)O)cc4)CS[C@H]23)cs1. The third-order valence-corrected chi connectivity index (χ3v) is 9.20. The molecule has 0 bridgehead atoms. The number of nitrogen functional groups attached to an aromatic ring is 1. The molecule has 3 aromatic rings. The molecule has 2 aliphatic heterocycles. The molecule has 0 aliphatic carbocycles. The number of hydrogen-bond acceptors (Lipinski definition) is 11. The van der Waals surface area contributed by atoms with E-state index in [2.05, 4.69) is 15.5 Å². The average Bonchev–Trinajstić information content (AvgIpc) is 3.40. The first-order chi connectivity index (χ1) is 20.2. The molecular formula is C26H23N6O7S3+. The van der Waals surface area contributed by atoms with Crippen LogP contribution in [0.4, 0.5) is 5.13 Å². The quantitative estimate of drug-likeness (QED) is 0.0791. The normalized spacial score (nSPS) is 18.2. The van der Waals surface area contributed by atoms with Crippen LogP contribution in [0.3, 0.4) is 0 Å². The van der Waals surface area contributed by atoms with Gasteiger partial charge in [0.25, 0.3) is 11.8 Å². The van der Waals surface area contributed by atoms with Gasteiger partial charge in [-0.05, 0) is 17.7 Å². The number of para-hydroxylation sites is 1. The third-order valence-electron chi connectivity index (χ3n) is 6.09. The fraction of sp³-hybridized carbons (Fsp3) is 0.192. The number of thioether (sulfide) groups is 2. The van der Waals surface area contributed by atoms with Crippen molar-refractivity contribution in [1.29, 1.82) is 0 Å². The highest BCUT2D eigenvalue weighted by molar-refractivity contribution is 8.01. The molecule has 0 saturated carbocycles. The standard InChI is InChI=1S/C26H22N6O7S3/c27-26-28-17(13-42-26)19(30-39-15-4-2-1-3-5-15)22(35)29-20-23(36)32-21(25(37)38)14(12-41-24(20)32)11-40-16-6-8-31(9-7-16)10-18(33)34/h1-9,13,20,24H,10-12H2,(H4-,27,28,29,33,34,35,37,38)/p+1/b30-19+/t20?,24-/m1/s1. The van der Waals surface area contributed by atoms with Gasteiger partial charge >= 0.3 is 11.9 Å². The molecule has 42 heavy (non-hydrogen) atoms. The number of fused-ring (bicyclic) bond motifs is 1. The van der Waals surface area contributed by atoms with Gasteiger partial charge in [-0.2, -0.15) is 4.57 Å². The Morgan fingerprint density at radius 2 is 1.93 bits per heavy atom. The molecule has 1 unspecified atom stereocenters. The molecule has 2 amide bonds. The number of aromatic nitrogens is 2. The van der Waals surface area contributed by atoms with Gasteiger partial charge < -0.3 is 26.1 Å². The van der Waals surface area contributed by atoms with Crippen molar-refractivity contribution in [3.63, 3.8) is 0 Å². The zero-order valence-corrected chi connectivity index (χ0v) is 24.0. The smallest absolute Gasteiger partial charge is 0.370 e. The Balaban J connectivity index is 1.29. The second-order valence-corrected chi connectivity index (χ2v) is 12.0. The predicted molar refractivity (Wildman–Crippen MR) is 155 cm³/mol. The maximum absolute atomic E-state index is 13.3. The summed E-state index contributed by atoms with van der Waals surface area (Å²) in [6.07, 6.45) is 3.26. The van der Waals surface area contributed by atoms with Crippen molar-refractivity contribution < 1.29 is 38.8 Å². The van der Waals surface area contributed by atoms with Crippen LogP contribution in [0.1, 0.15) is 5.69 Å². The number of nitrogens with two attached hydrogens (primary N) is 1. The van der Waals surface area contributed by atoms with E-state index in [-0.39, 0.29) is 28.8 Å². The van der Waals surface area contributed by atoms with Crippen molar-refractivity contribution in [1.82, 2.24) is 15.2 Å². The van der Waals surface area contributed by atoms with Crippen LogP contribution < -0.4 is 20.5 Å².